The van der Waals surface area contributed by atoms with E-state index in [1.54, 1.807) is 30.5 Å². The van der Waals surface area contributed by atoms with Crippen molar-refractivity contribution in [2.75, 3.05) is 11.9 Å². The Bertz CT molecular complexity index is 1820. The molecule has 0 atom stereocenters. The quantitative estimate of drug-likeness (QED) is 0.299. The SMILES string of the molecule is CC(C)(C)CC(=O)N1CCn2nc(-c3ccc(F)cc3)c(-c3ccc4nc(NC(=O)c5ccnc(F)c5)cn4n3)c2C1. The lowest BCUT2D eigenvalue weighted by atomic mass is 9.91. The molecule has 42 heavy (non-hydrogen) atoms. The van der Waals surface area contributed by atoms with Crippen molar-refractivity contribution in [3.63, 3.8) is 0 Å². The highest BCUT2D eigenvalue weighted by Gasteiger charge is 2.30. The number of hydrogen-bond donors (Lipinski definition) is 1. The predicted molar refractivity (Wildman–Crippen MR) is 151 cm³/mol. The Balaban J connectivity index is 1.38. The summed E-state index contributed by atoms with van der Waals surface area (Å²) in [6.45, 7) is 7.50. The third-order valence-corrected chi connectivity index (χ3v) is 6.94. The standard InChI is InChI=1S/C30H28F2N8O2/c1-30(2,3)15-26(41)38-12-13-39-22(16-38)27(28(37-39)18-4-6-20(31)7-5-18)21-8-9-25-34-24(17-40(25)36-21)35-29(42)19-10-11-33-23(32)14-19/h4-11,14,17H,12-13,15-16H2,1-3H3,(H,35,42). The Morgan fingerprint density at radius 1 is 1.00 bits per heavy atom. The number of nitrogens with one attached hydrogen (secondary N) is 1. The van der Waals surface area contributed by atoms with Gasteiger partial charge in [-0.3, -0.25) is 14.3 Å². The molecular weight excluding hydrogens is 542 g/mol. The van der Waals surface area contributed by atoms with E-state index in [2.05, 4.69) is 15.3 Å². The fraction of sp³-hybridized carbons (Fsp3) is 0.267. The minimum absolute atomic E-state index is 0.0664. The van der Waals surface area contributed by atoms with E-state index >= 15 is 0 Å². The van der Waals surface area contributed by atoms with Gasteiger partial charge in [0.05, 0.1) is 36.2 Å². The summed E-state index contributed by atoms with van der Waals surface area (Å²) in [5.41, 5.74) is 3.88. The number of aromatic nitrogens is 6. The molecule has 1 aromatic carbocycles. The van der Waals surface area contributed by atoms with Gasteiger partial charge in [-0.15, -0.1) is 0 Å². The Morgan fingerprint density at radius 3 is 2.52 bits per heavy atom. The van der Waals surface area contributed by atoms with E-state index in [-0.39, 0.29) is 28.5 Å². The largest absolute Gasteiger partial charge is 0.335 e. The fourth-order valence-corrected chi connectivity index (χ4v) is 4.98. The summed E-state index contributed by atoms with van der Waals surface area (Å²) in [7, 11) is 0. The maximum Gasteiger partial charge on any atom is 0.257 e. The molecule has 5 aromatic rings. The molecule has 0 saturated carbocycles. The highest BCUT2D eigenvalue weighted by Crippen LogP contribution is 2.36. The second-order valence-corrected chi connectivity index (χ2v) is 11.4. The van der Waals surface area contributed by atoms with Gasteiger partial charge >= 0.3 is 0 Å². The van der Waals surface area contributed by atoms with Gasteiger partial charge in [-0.05, 0) is 47.9 Å². The molecule has 0 unspecified atom stereocenters. The number of pyridine rings is 1. The normalized spacial score (nSPS) is 13.3. The first-order valence-electron chi connectivity index (χ1n) is 13.5. The lowest BCUT2D eigenvalue weighted by Gasteiger charge is -2.30. The lowest BCUT2D eigenvalue weighted by Crippen LogP contribution is -2.40. The van der Waals surface area contributed by atoms with E-state index in [1.807, 2.05) is 30.4 Å². The minimum Gasteiger partial charge on any atom is -0.335 e. The number of carbonyl (C=O) groups excluding carboxylic acids is 2. The summed E-state index contributed by atoms with van der Waals surface area (Å²) in [6, 6.07) is 12.1. The van der Waals surface area contributed by atoms with Gasteiger partial charge < -0.3 is 10.2 Å². The number of anilines is 1. The molecule has 0 radical (unpaired) electrons. The molecular formula is C30H28F2N8O2. The monoisotopic (exact) mass is 570 g/mol. The number of halogens is 2. The molecule has 0 spiro atoms. The van der Waals surface area contributed by atoms with Crippen LogP contribution in [0.25, 0.3) is 28.2 Å². The van der Waals surface area contributed by atoms with E-state index in [0.717, 1.165) is 17.3 Å². The summed E-state index contributed by atoms with van der Waals surface area (Å²) in [6.07, 6.45) is 3.19. The average molecular weight is 571 g/mol. The summed E-state index contributed by atoms with van der Waals surface area (Å²) >= 11 is 0. The van der Waals surface area contributed by atoms with Crippen LogP contribution in [-0.4, -0.2) is 52.6 Å². The number of carbonyl (C=O) groups is 2. The van der Waals surface area contributed by atoms with Gasteiger partial charge in [-0.25, -0.2) is 18.9 Å². The first-order valence-corrected chi connectivity index (χ1v) is 13.5. The number of hydrogen-bond acceptors (Lipinski definition) is 6. The van der Waals surface area contributed by atoms with Crippen molar-refractivity contribution in [1.82, 2.24) is 34.3 Å². The third kappa shape index (κ3) is 5.47. The van der Waals surface area contributed by atoms with Gasteiger partial charge in [0.25, 0.3) is 5.91 Å². The third-order valence-electron chi connectivity index (χ3n) is 6.94. The van der Waals surface area contributed by atoms with Crippen molar-refractivity contribution in [1.29, 1.82) is 0 Å². The molecule has 214 valence electrons. The van der Waals surface area contributed by atoms with Gasteiger partial charge in [0, 0.05) is 36.4 Å². The number of fused-ring (bicyclic) bond motifs is 2. The van der Waals surface area contributed by atoms with E-state index in [1.165, 1.54) is 28.9 Å². The molecule has 2 amide bonds. The molecule has 12 heteroatoms. The van der Waals surface area contributed by atoms with Crippen molar-refractivity contribution < 1.29 is 18.4 Å². The summed E-state index contributed by atoms with van der Waals surface area (Å²) in [5.74, 6) is -1.35. The van der Waals surface area contributed by atoms with Crippen LogP contribution in [0.1, 0.15) is 43.2 Å². The van der Waals surface area contributed by atoms with Gasteiger partial charge in [0.15, 0.2) is 11.5 Å². The van der Waals surface area contributed by atoms with Gasteiger partial charge in [-0.2, -0.15) is 14.6 Å². The molecule has 4 aromatic heterocycles. The number of amides is 2. The number of imidazole rings is 1. The van der Waals surface area contributed by atoms with Crippen LogP contribution in [0.5, 0.6) is 0 Å². The second kappa shape index (κ2) is 10.4. The highest BCUT2D eigenvalue weighted by molar-refractivity contribution is 6.03. The molecule has 0 aliphatic carbocycles. The first-order chi connectivity index (χ1) is 20.0. The van der Waals surface area contributed by atoms with E-state index in [0.29, 0.717) is 48.7 Å². The molecule has 0 saturated heterocycles. The Hall–Kier alpha value is -5.00. The average Bonchev–Trinajstić information content (AvgIpc) is 3.52. The van der Waals surface area contributed by atoms with Crippen LogP contribution in [-0.2, 0) is 17.9 Å². The zero-order valence-electron chi connectivity index (χ0n) is 23.3. The molecule has 0 bridgehead atoms. The minimum atomic E-state index is -0.760. The van der Waals surface area contributed by atoms with Crippen LogP contribution >= 0.6 is 0 Å². The zero-order valence-corrected chi connectivity index (χ0v) is 23.3. The molecule has 5 heterocycles. The topological polar surface area (TPSA) is 110 Å². The van der Waals surface area contributed by atoms with Crippen molar-refractivity contribution in [3.8, 4) is 22.5 Å². The van der Waals surface area contributed by atoms with E-state index in [4.69, 9.17) is 10.2 Å². The molecule has 1 aliphatic rings. The Morgan fingerprint density at radius 2 is 1.79 bits per heavy atom. The molecule has 1 aliphatic heterocycles. The van der Waals surface area contributed by atoms with Crippen LogP contribution in [0.15, 0.2) is 60.9 Å². The summed E-state index contributed by atoms with van der Waals surface area (Å²) < 4.78 is 30.7. The van der Waals surface area contributed by atoms with Crippen molar-refractivity contribution in [3.05, 3.63) is 83.9 Å². The highest BCUT2D eigenvalue weighted by atomic mass is 19.1. The molecule has 6 rings (SSSR count). The fourth-order valence-electron chi connectivity index (χ4n) is 4.98. The van der Waals surface area contributed by atoms with E-state index < -0.39 is 11.9 Å². The van der Waals surface area contributed by atoms with E-state index in [9.17, 15) is 18.4 Å². The van der Waals surface area contributed by atoms with Crippen molar-refractivity contribution in [2.45, 2.75) is 40.3 Å². The molecule has 10 nitrogen and oxygen atoms in total. The maximum absolute atomic E-state index is 13.8. The van der Waals surface area contributed by atoms with Gasteiger partial charge in [0.2, 0.25) is 11.9 Å². The van der Waals surface area contributed by atoms with Crippen molar-refractivity contribution in [2.24, 2.45) is 5.41 Å². The van der Waals surface area contributed by atoms with Crippen LogP contribution < -0.4 is 5.32 Å². The van der Waals surface area contributed by atoms with Crippen molar-refractivity contribution >= 4 is 23.3 Å². The van der Waals surface area contributed by atoms with Gasteiger partial charge in [0.1, 0.15) is 11.5 Å². The number of benzene rings is 1. The van der Waals surface area contributed by atoms with Crippen LogP contribution in [0.2, 0.25) is 0 Å². The lowest BCUT2D eigenvalue weighted by molar-refractivity contribution is -0.134. The van der Waals surface area contributed by atoms with Crippen LogP contribution in [0, 0.1) is 17.2 Å². The Labute approximate surface area is 240 Å². The Kier molecular flexibility index (Phi) is 6.76. The molecule has 1 N–H and O–H groups in total. The first kappa shape index (κ1) is 27.2. The number of rotatable bonds is 5. The molecule has 0 fully saturated rings. The van der Waals surface area contributed by atoms with Crippen LogP contribution in [0.4, 0.5) is 14.6 Å². The number of nitrogens with zero attached hydrogens (tertiary/aromatic N) is 7. The predicted octanol–water partition coefficient (Wildman–Crippen LogP) is 4.96. The van der Waals surface area contributed by atoms with Gasteiger partial charge in [-0.1, -0.05) is 20.8 Å². The zero-order chi connectivity index (χ0) is 29.6. The smallest absolute Gasteiger partial charge is 0.257 e. The summed E-state index contributed by atoms with van der Waals surface area (Å²) in [5, 5.41) is 12.3. The van der Waals surface area contributed by atoms with Crippen LogP contribution in [0.3, 0.4) is 0 Å². The second-order valence-electron chi connectivity index (χ2n) is 11.4. The maximum atomic E-state index is 13.8. The summed E-state index contributed by atoms with van der Waals surface area (Å²) in [4.78, 5) is 35.5.